The van der Waals surface area contributed by atoms with Gasteiger partial charge in [0.2, 0.25) is 5.91 Å². The predicted molar refractivity (Wildman–Crippen MR) is 179 cm³/mol. The molecule has 4 rings (SSSR count). The maximum absolute atomic E-state index is 13.7. The van der Waals surface area contributed by atoms with Crippen LogP contribution in [0.3, 0.4) is 0 Å². The Morgan fingerprint density at radius 3 is 2.14 bits per heavy atom. The Hall–Kier alpha value is -5.40. The normalized spacial score (nSPS) is 11.5. The van der Waals surface area contributed by atoms with E-state index < -0.39 is 18.2 Å². The summed E-state index contributed by atoms with van der Waals surface area (Å²) in [5.41, 5.74) is 17.1. The first-order valence-corrected chi connectivity index (χ1v) is 15.2. The van der Waals surface area contributed by atoms with E-state index in [0.29, 0.717) is 44.6 Å². The van der Waals surface area contributed by atoms with E-state index in [0.717, 1.165) is 33.6 Å². The number of carboxylic acids is 1. The Balaban J connectivity index is 0.000000838. The fourth-order valence-electron chi connectivity index (χ4n) is 4.80. The number of carbonyl (C=O) groups excluding carboxylic acids is 2. The van der Waals surface area contributed by atoms with Crippen LogP contribution in [0.1, 0.15) is 27.0 Å². The van der Waals surface area contributed by atoms with Gasteiger partial charge in [0.1, 0.15) is 11.5 Å². The van der Waals surface area contributed by atoms with Gasteiger partial charge in [-0.3, -0.25) is 9.59 Å². The molecule has 0 heterocycles. The second-order valence-electron chi connectivity index (χ2n) is 10.9. The van der Waals surface area contributed by atoms with Crippen molar-refractivity contribution in [3.63, 3.8) is 0 Å². The smallest absolute Gasteiger partial charge is 0.490 e. The maximum Gasteiger partial charge on any atom is 0.490 e. The van der Waals surface area contributed by atoms with Gasteiger partial charge in [-0.15, -0.1) is 0 Å². The van der Waals surface area contributed by atoms with Crippen molar-refractivity contribution in [1.82, 2.24) is 10.2 Å². The van der Waals surface area contributed by atoms with Crippen molar-refractivity contribution < 1.29 is 42.5 Å². The Kier molecular flexibility index (Phi) is 14.2. The largest absolute Gasteiger partial charge is 0.508 e. The molecular formula is C36H39F3N4O6. The molecule has 1 atom stereocenters. The molecule has 0 bridgehead atoms. The second-order valence-corrected chi connectivity index (χ2v) is 10.9. The first-order chi connectivity index (χ1) is 23.3. The minimum Gasteiger partial charge on any atom is -0.508 e. The number of hydrogen-bond donors (Lipinski definition) is 5. The number of nitrogens with one attached hydrogen (secondary N) is 1. The summed E-state index contributed by atoms with van der Waals surface area (Å²) in [6.45, 7) is 1.58. The summed E-state index contributed by atoms with van der Waals surface area (Å²) >= 11 is 0. The third kappa shape index (κ3) is 12.0. The number of hydrogen-bond acceptors (Lipinski definition) is 7. The molecule has 0 saturated heterocycles. The SMILES string of the molecule is COc1ccc(CCN(Cc2cccc(-c3ccccc3C(=O)NCCN)c2)C(=O)C(N)Cc2ccc(O)cc2)cc1.O=C(O)C(F)(F)F. The molecule has 0 aliphatic rings. The number of benzene rings is 4. The average Bonchev–Trinajstić information content (AvgIpc) is 3.09. The molecule has 2 amide bonds. The zero-order chi connectivity index (χ0) is 36.0. The molecule has 0 saturated carbocycles. The molecule has 0 aliphatic heterocycles. The number of amides is 2. The highest BCUT2D eigenvalue weighted by Crippen LogP contribution is 2.26. The molecular weight excluding hydrogens is 641 g/mol. The molecule has 1 unspecified atom stereocenters. The van der Waals surface area contributed by atoms with Gasteiger partial charge >= 0.3 is 12.1 Å². The molecule has 0 fully saturated rings. The van der Waals surface area contributed by atoms with Gasteiger partial charge in [-0.1, -0.05) is 60.7 Å². The topological polar surface area (TPSA) is 168 Å². The minimum atomic E-state index is -5.08. The average molecular weight is 681 g/mol. The van der Waals surface area contributed by atoms with E-state index in [1.54, 1.807) is 42.3 Å². The number of nitrogens with two attached hydrogens (primary N) is 2. The molecule has 7 N–H and O–H groups in total. The van der Waals surface area contributed by atoms with E-state index >= 15 is 0 Å². The van der Waals surface area contributed by atoms with Crippen molar-refractivity contribution in [2.75, 3.05) is 26.7 Å². The van der Waals surface area contributed by atoms with Gasteiger partial charge < -0.3 is 36.6 Å². The molecule has 0 spiro atoms. The summed E-state index contributed by atoms with van der Waals surface area (Å²) in [6.07, 6.45) is -4.09. The van der Waals surface area contributed by atoms with Gasteiger partial charge in [-0.2, -0.15) is 13.2 Å². The fraction of sp³-hybridized carbons (Fsp3) is 0.250. The van der Waals surface area contributed by atoms with Crippen LogP contribution in [0.25, 0.3) is 11.1 Å². The molecule has 4 aromatic rings. The first-order valence-electron chi connectivity index (χ1n) is 15.2. The Morgan fingerprint density at radius 1 is 0.898 bits per heavy atom. The van der Waals surface area contributed by atoms with Crippen molar-refractivity contribution in [2.24, 2.45) is 11.5 Å². The lowest BCUT2D eigenvalue weighted by Crippen LogP contribution is -2.45. The summed E-state index contributed by atoms with van der Waals surface area (Å²) in [7, 11) is 1.63. The van der Waals surface area contributed by atoms with E-state index in [9.17, 15) is 27.9 Å². The molecule has 0 aromatic heterocycles. The lowest BCUT2D eigenvalue weighted by molar-refractivity contribution is -0.192. The van der Waals surface area contributed by atoms with Crippen LogP contribution in [0, 0.1) is 0 Å². The van der Waals surface area contributed by atoms with Crippen LogP contribution in [0.15, 0.2) is 97.1 Å². The van der Waals surface area contributed by atoms with Gasteiger partial charge in [-0.05, 0) is 77.1 Å². The van der Waals surface area contributed by atoms with E-state index in [2.05, 4.69) is 5.32 Å². The summed E-state index contributed by atoms with van der Waals surface area (Å²) in [5, 5.41) is 19.6. The Bertz CT molecular complexity index is 1680. The maximum atomic E-state index is 13.7. The van der Waals surface area contributed by atoms with E-state index in [4.69, 9.17) is 26.1 Å². The number of nitrogens with zero attached hydrogens (tertiary/aromatic N) is 1. The quantitative estimate of drug-likeness (QED) is 0.137. The van der Waals surface area contributed by atoms with Crippen molar-refractivity contribution >= 4 is 17.8 Å². The predicted octanol–water partition coefficient (Wildman–Crippen LogP) is 4.53. The minimum absolute atomic E-state index is 0.163. The van der Waals surface area contributed by atoms with Crippen LogP contribution >= 0.6 is 0 Å². The number of phenols is 1. The lowest BCUT2D eigenvalue weighted by Gasteiger charge is -2.26. The summed E-state index contributed by atoms with van der Waals surface area (Å²) in [5.74, 6) is -2.16. The number of halogens is 3. The van der Waals surface area contributed by atoms with Gasteiger partial charge in [0.05, 0.1) is 13.2 Å². The summed E-state index contributed by atoms with van der Waals surface area (Å²) < 4.78 is 37.0. The van der Waals surface area contributed by atoms with Gasteiger partial charge in [0, 0.05) is 31.7 Å². The highest BCUT2D eigenvalue weighted by atomic mass is 19.4. The molecule has 4 aromatic carbocycles. The molecule has 0 aliphatic carbocycles. The number of carboxylic acid groups (broad SMARTS) is 1. The Morgan fingerprint density at radius 2 is 1.53 bits per heavy atom. The zero-order valence-electron chi connectivity index (χ0n) is 26.8. The monoisotopic (exact) mass is 680 g/mol. The first kappa shape index (κ1) is 38.1. The number of rotatable bonds is 13. The van der Waals surface area contributed by atoms with Crippen molar-refractivity contribution in [2.45, 2.75) is 31.6 Å². The van der Waals surface area contributed by atoms with Crippen LogP contribution in [-0.2, 0) is 29.0 Å². The second kappa shape index (κ2) is 18.2. The zero-order valence-corrected chi connectivity index (χ0v) is 26.8. The molecule has 49 heavy (non-hydrogen) atoms. The number of alkyl halides is 3. The van der Waals surface area contributed by atoms with Crippen LogP contribution < -0.4 is 21.5 Å². The Labute approximate surface area is 282 Å². The van der Waals surface area contributed by atoms with E-state index in [1.807, 2.05) is 66.7 Å². The van der Waals surface area contributed by atoms with Gasteiger partial charge in [0.25, 0.3) is 5.91 Å². The number of carbonyl (C=O) groups is 3. The molecule has 10 nitrogen and oxygen atoms in total. The number of aromatic hydroxyl groups is 1. The third-order valence-corrected chi connectivity index (χ3v) is 7.31. The molecule has 0 radical (unpaired) electrons. The van der Waals surface area contributed by atoms with Gasteiger partial charge in [0.15, 0.2) is 0 Å². The summed E-state index contributed by atoms with van der Waals surface area (Å²) in [6, 6.07) is 29.1. The third-order valence-electron chi connectivity index (χ3n) is 7.31. The van der Waals surface area contributed by atoms with Crippen LogP contribution in [0.5, 0.6) is 11.5 Å². The van der Waals surface area contributed by atoms with Crippen LogP contribution in [0.4, 0.5) is 13.2 Å². The van der Waals surface area contributed by atoms with Crippen molar-refractivity contribution in [1.29, 1.82) is 0 Å². The van der Waals surface area contributed by atoms with Gasteiger partial charge in [-0.25, -0.2) is 4.79 Å². The van der Waals surface area contributed by atoms with Crippen LogP contribution in [0.2, 0.25) is 0 Å². The van der Waals surface area contributed by atoms with E-state index in [-0.39, 0.29) is 17.6 Å². The number of ether oxygens (including phenoxy) is 1. The lowest BCUT2D eigenvalue weighted by atomic mass is 9.97. The van der Waals surface area contributed by atoms with Crippen molar-refractivity contribution in [3.8, 4) is 22.6 Å². The molecule has 13 heteroatoms. The standard InChI is InChI=1S/C34H38N4O4.C2HF3O2/c1-42-29-15-11-24(12-16-29)17-20-38(34(41)32(36)22-25-9-13-28(39)14-10-25)23-26-5-4-6-27(21-26)30-7-2-3-8-31(30)33(40)37-19-18-35;3-2(4,5)1(6)7/h2-16,21,32,39H,17-20,22-23,35-36H2,1H3,(H,37,40);(H,6,7). The highest BCUT2D eigenvalue weighted by Gasteiger charge is 2.38. The number of aliphatic carboxylic acids is 1. The fourth-order valence-corrected chi connectivity index (χ4v) is 4.80. The summed E-state index contributed by atoms with van der Waals surface area (Å²) in [4.78, 5) is 37.2. The number of methoxy groups -OCH3 is 1. The van der Waals surface area contributed by atoms with Crippen LogP contribution in [-0.4, -0.2) is 71.9 Å². The molecule has 260 valence electrons. The number of phenolic OH excluding ortho intramolecular Hbond substituents is 1. The van der Waals surface area contributed by atoms with Crippen molar-refractivity contribution in [3.05, 3.63) is 119 Å². The van der Waals surface area contributed by atoms with E-state index in [1.165, 1.54) is 0 Å². The highest BCUT2D eigenvalue weighted by molar-refractivity contribution is 6.00.